The molecule has 3 aromatic rings. The van der Waals surface area contributed by atoms with Crippen molar-refractivity contribution in [3.05, 3.63) is 70.6 Å². The highest BCUT2D eigenvalue weighted by molar-refractivity contribution is 7.71. The number of phenols is 2. The van der Waals surface area contributed by atoms with Gasteiger partial charge in [-0.25, -0.2) is 0 Å². The molecule has 154 valence electrons. The van der Waals surface area contributed by atoms with Gasteiger partial charge in [0.15, 0.2) is 4.77 Å². The van der Waals surface area contributed by atoms with Gasteiger partial charge in [0.25, 0.3) is 0 Å². The minimum absolute atomic E-state index is 0.0112. The molecule has 4 nitrogen and oxygen atoms in total. The third-order valence-corrected chi connectivity index (χ3v) is 6.19. The van der Waals surface area contributed by atoms with Crippen LogP contribution >= 0.6 is 12.2 Å². The highest BCUT2D eigenvalue weighted by Crippen LogP contribution is 2.41. The average Bonchev–Trinajstić information content (AvgIpc) is 3.09. The second-order valence-electron chi connectivity index (χ2n) is 8.06. The quantitative estimate of drug-likeness (QED) is 0.425. The number of nitrogens with zero attached hydrogens (tertiary/aromatic N) is 1. The molecule has 0 bridgehead atoms. The lowest BCUT2D eigenvalue weighted by atomic mass is 9.79. The van der Waals surface area contributed by atoms with E-state index in [-0.39, 0.29) is 11.5 Å². The smallest absolute Gasteiger partial charge is 0.182 e. The van der Waals surface area contributed by atoms with Gasteiger partial charge in [0.1, 0.15) is 11.5 Å². The van der Waals surface area contributed by atoms with Gasteiger partial charge in [-0.05, 0) is 53.4 Å². The summed E-state index contributed by atoms with van der Waals surface area (Å²) in [6.45, 7) is 10.7. The van der Waals surface area contributed by atoms with E-state index >= 15 is 0 Å². The molecule has 1 aromatic heterocycles. The van der Waals surface area contributed by atoms with E-state index in [4.69, 9.17) is 12.2 Å². The van der Waals surface area contributed by atoms with Gasteiger partial charge in [0.05, 0.1) is 11.4 Å². The number of aromatic amines is 1. The molecule has 5 heteroatoms. The van der Waals surface area contributed by atoms with E-state index in [0.29, 0.717) is 28.6 Å². The fourth-order valence-electron chi connectivity index (χ4n) is 4.24. The molecule has 0 spiro atoms. The van der Waals surface area contributed by atoms with Crippen LogP contribution in [-0.2, 0) is 6.42 Å². The lowest BCUT2D eigenvalue weighted by Crippen LogP contribution is -2.13. The standard InChI is InChI=1S/C25H26N2O2S/c1-5-16-11-20(24(29)12-23(16)28)22-13-26-25(30)27(22)21-8-6-7-18-15(4)17(14(2)3)9-10-19(18)21/h6-14,17,28-29H,4-5H2,1-3H3,(H,26,30). The zero-order valence-electron chi connectivity index (χ0n) is 17.4. The SMILES string of the molecule is C=C1c2cccc(-n3c(-c4cc(CC)c(O)cc4O)c[nH]c3=S)c2C=CC1C(C)C. The number of imidazole rings is 1. The molecule has 0 saturated heterocycles. The minimum atomic E-state index is 0.0112. The third-order valence-electron chi connectivity index (χ3n) is 5.89. The molecule has 0 saturated carbocycles. The molecule has 4 rings (SSSR count). The van der Waals surface area contributed by atoms with Crippen molar-refractivity contribution in [1.82, 2.24) is 9.55 Å². The second kappa shape index (κ2) is 7.65. The molecule has 1 aliphatic rings. The first-order valence-electron chi connectivity index (χ1n) is 10.2. The Hall–Kier alpha value is -3.05. The van der Waals surface area contributed by atoms with Crippen molar-refractivity contribution in [2.75, 3.05) is 0 Å². The molecule has 1 unspecified atom stereocenters. The number of nitrogens with one attached hydrogen (secondary N) is 1. The Balaban J connectivity index is 1.94. The van der Waals surface area contributed by atoms with Gasteiger partial charge in [-0.3, -0.25) is 4.57 Å². The Morgan fingerprint density at radius 1 is 1.17 bits per heavy atom. The van der Waals surface area contributed by atoms with Crippen LogP contribution in [0, 0.1) is 16.6 Å². The average molecular weight is 419 g/mol. The number of aryl methyl sites for hydroxylation is 1. The van der Waals surface area contributed by atoms with E-state index in [1.165, 1.54) is 6.07 Å². The maximum Gasteiger partial charge on any atom is 0.182 e. The second-order valence-corrected chi connectivity index (χ2v) is 8.45. The van der Waals surface area contributed by atoms with Crippen molar-refractivity contribution in [2.45, 2.75) is 27.2 Å². The molecule has 2 aromatic carbocycles. The summed E-state index contributed by atoms with van der Waals surface area (Å²) in [5.74, 6) is 0.879. The van der Waals surface area contributed by atoms with Gasteiger partial charge in [-0.1, -0.05) is 51.6 Å². The molecule has 0 fully saturated rings. The van der Waals surface area contributed by atoms with Crippen LogP contribution in [0.4, 0.5) is 0 Å². The number of H-pyrrole nitrogens is 1. The Kier molecular flexibility index (Phi) is 5.16. The number of aromatic hydroxyl groups is 2. The Bertz CT molecular complexity index is 1230. The van der Waals surface area contributed by atoms with Crippen molar-refractivity contribution >= 4 is 23.9 Å². The van der Waals surface area contributed by atoms with Crippen LogP contribution in [0.25, 0.3) is 28.6 Å². The normalized spacial score (nSPS) is 15.6. The molecular formula is C25H26N2O2S. The number of hydrogen-bond acceptors (Lipinski definition) is 3. The Morgan fingerprint density at radius 2 is 1.93 bits per heavy atom. The highest BCUT2D eigenvalue weighted by Gasteiger charge is 2.24. The largest absolute Gasteiger partial charge is 0.508 e. The summed E-state index contributed by atoms with van der Waals surface area (Å²) < 4.78 is 2.47. The summed E-state index contributed by atoms with van der Waals surface area (Å²) in [5, 5.41) is 20.7. The van der Waals surface area contributed by atoms with E-state index in [2.05, 4.69) is 43.6 Å². The summed E-state index contributed by atoms with van der Waals surface area (Å²) in [6, 6.07) is 9.35. The fourth-order valence-corrected chi connectivity index (χ4v) is 4.50. The van der Waals surface area contributed by atoms with Gasteiger partial charge in [0, 0.05) is 29.3 Å². The van der Waals surface area contributed by atoms with Gasteiger partial charge >= 0.3 is 0 Å². The minimum Gasteiger partial charge on any atom is -0.508 e. The number of allylic oxidation sites excluding steroid dienone is 2. The van der Waals surface area contributed by atoms with E-state index in [0.717, 1.165) is 33.6 Å². The number of fused-ring (bicyclic) bond motifs is 1. The fraction of sp³-hybridized carbons (Fsp3) is 0.240. The van der Waals surface area contributed by atoms with Crippen molar-refractivity contribution in [2.24, 2.45) is 11.8 Å². The molecule has 30 heavy (non-hydrogen) atoms. The van der Waals surface area contributed by atoms with Gasteiger partial charge < -0.3 is 15.2 Å². The number of phenolic OH excluding ortho intramolecular Hbond substituents is 2. The zero-order valence-corrected chi connectivity index (χ0v) is 18.3. The van der Waals surface area contributed by atoms with Crippen molar-refractivity contribution < 1.29 is 10.2 Å². The van der Waals surface area contributed by atoms with Crippen LogP contribution < -0.4 is 0 Å². The summed E-state index contributed by atoms with van der Waals surface area (Å²) >= 11 is 5.61. The lowest BCUT2D eigenvalue weighted by Gasteiger charge is -2.27. The van der Waals surface area contributed by atoms with Crippen LogP contribution in [0.2, 0.25) is 0 Å². The monoisotopic (exact) mass is 418 g/mol. The van der Waals surface area contributed by atoms with Crippen LogP contribution in [0.3, 0.4) is 0 Å². The molecule has 1 heterocycles. The summed E-state index contributed by atoms with van der Waals surface area (Å²) in [4.78, 5) is 3.12. The first-order chi connectivity index (χ1) is 14.3. The maximum atomic E-state index is 10.6. The maximum absolute atomic E-state index is 10.6. The predicted molar refractivity (Wildman–Crippen MR) is 125 cm³/mol. The first kappa shape index (κ1) is 20.2. The molecule has 0 radical (unpaired) electrons. The van der Waals surface area contributed by atoms with Crippen LogP contribution in [0.5, 0.6) is 11.5 Å². The Labute approximate surface area is 181 Å². The van der Waals surface area contributed by atoms with E-state index in [1.54, 1.807) is 6.20 Å². The molecule has 1 aliphatic carbocycles. The van der Waals surface area contributed by atoms with Crippen molar-refractivity contribution in [1.29, 1.82) is 0 Å². The number of aromatic nitrogens is 2. The third kappa shape index (κ3) is 3.19. The van der Waals surface area contributed by atoms with Gasteiger partial charge in [-0.2, -0.15) is 0 Å². The number of hydrogen-bond donors (Lipinski definition) is 3. The molecule has 0 aliphatic heterocycles. The molecular weight excluding hydrogens is 392 g/mol. The summed E-state index contributed by atoms with van der Waals surface area (Å²) in [6.07, 6.45) is 6.81. The predicted octanol–water partition coefficient (Wildman–Crippen LogP) is 6.49. The lowest BCUT2D eigenvalue weighted by molar-refractivity contribution is 0.447. The first-order valence-corrected chi connectivity index (χ1v) is 10.6. The van der Waals surface area contributed by atoms with Gasteiger partial charge in [0.2, 0.25) is 0 Å². The van der Waals surface area contributed by atoms with Crippen molar-refractivity contribution in [3.63, 3.8) is 0 Å². The van der Waals surface area contributed by atoms with Crippen LogP contribution in [-0.4, -0.2) is 19.8 Å². The zero-order chi connectivity index (χ0) is 21.6. The molecule has 1 atom stereocenters. The van der Waals surface area contributed by atoms with Gasteiger partial charge in [-0.15, -0.1) is 0 Å². The topological polar surface area (TPSA) is 61.2 Å². The highest BCUT2D eigenvalue weighted by atomic mass is 32.1. The number of rotatable bonds is 4. The van der Waals surface area contributed by atoms with Crippen LogP contribution in [0.15, 0.2) is 49.2 Å². The molecule has 3 N–H and O–H groups in total. The summed E-state index contributed by atoms with van der Waals surface area (Å²) in [5.41, 5.74) is 6.34. The van der Waals surface area contributed by atoms with E-state index in [9.17, 15) is 10.2 Å². The van der Waals surface area contributed by atoms with Crippen molar-refractivity contribution in [3.8, 4) is 28.4 Å². The molecule has 0 amide bonds. The summed E-state index contributed by atoms with van der Waals surface area (Å²) in [7, 11) is 0. The van der Waals surface area contributed by atoms with E-state index in [1.807, 2.05) is 29.7 Å². The number of benzene rings is 2. The van der Waals surface area contributed by atoms with E-state index < -0.39 is 0 Å². The Morgan fingerprint density at radius 3 is 2.63 bits per heavy atom. The van der Waals surface area contributed by atoms with Crippen LogP contribution in [0.1, 0.15) is 37.5 Å².